The van der Waals surface area contributed by atoms with Gasteiger partial charge in [-0.3, -0.25) is 9.59 Å². The molecule has 0 aliphatic rings. The van der Waals surface area contributed by atoms with Crippen LogP contribution in [0.5, 0.6) is 0 Å². The van der Waals surface area contributed by atoms with Gasteiger partial charge in [0.25, 0.3) is 5.91 Å². The molecule has 0 spiro atoms. The van der Waals surface area contributed by atoms with E-state index in [9.17, 15) is 9.59 Å². The van der Waals surface area contributed by atoms with E-state index in [1.54, 1.807) is 36.4 Å². The number of nitrogens with one attached hydrogen (secondary N) is 3. The van der Waals surface area contributed by atoms with Crippen molar-refractivity contribution in [3.8, 4) is 0 Å². The van der Waals surface area contributed by atoms with Crippen molar-refractivity contribution in [1.29, 1.82) is 0 Å². The molecule has 0 saturated carbocycles. The van der Waals surface area contributed by atoms with E-state index in [0.29, 0.717) is 22.8 Å². The van der Waals surface area contributed by atoms with E-state index in [1.807, 2.05) is 32.0 Å². The maximum atomic E-state index is 12.4. The van der Waals surface area contributed by atoms with Crippen LogP contribution in [0, 0.1) is 13.8 Å². The van der Waals surface area contributed by atoms with E-state index in [1.165, 1.54) is 13.1 Å². The molecule has 3 rings (SSSR count). The summed E-state index contributed by atoms with van der Waals surface area (Å²) in [6, 6.07) is 16.5. The fraction of sp³-hybridized carbons (Fsp3) is 0.136. The summed E-state index contributed by atoms with van der Waals surface area (Å²) in [5.41, 5.74) is 5.05. The summed E-state index contributed by atoms with van der Waals surface area (Å²) in [5, 5.41) is 8.80. The van der Waals surface area contributed by atoms with Crippen molar-refractivity contribution in [3.05, 3.63) is 77.5 Å². The van der Waals surface area contributed by atoms with Gasteiger partial charge in [0.2, 0.25) is 5.91 Å². The van der Waals surface area contributed by atoms with Crippen LogP contribution in [0.2, 0.25) is 0 Å². The normalized spacial score (nSPS) is 10.2. The first-order valence-electron chi connectivity index (χ1n) is 8.90. The zero-order valence-corrected chi connectivity index (χ0v) is 16.0. The Morgan fingerprint density at radius 2 is 1.43 bits per heavy atom. The van der Waals surface area contributed by atoms with Gasteiger partial charge in [0, 0.05) is 30.2 Å². The SMILES string of the molecule is CC(=O)Nc1ccc(NC(=O)c2ccc(Nc3c(C)cccc3C)nc2)cc1. The summed E-state index contributed by atoms with van der Waals surface area (Å²) in [5.74, 6) is 0.282. The molecule has 0 aliphatic heterocycles. The van der Waals surface area contributed by atoms with Gasteiger partial charge in [-0.05, 0) is 61.4 Å². The van der Waals surface area contributed by atoms with Crippen LogP contribution in [0.3, 0.4) is 0 Å². The zero-order chi connectivity index (χ0) is 20.1. The van der Waals surface area contributed by atoms with E-state index >= 15 is 0 Å². The molecular weight excluding hydrogens is 352 g/mol. The van der Waals surface area contributed by atoms with E-state index < -0.39 is 0 Å². The minimum atomic E-state index is -0.251. The molecule has 0 fully saturated rings. The Morgan fingerprint density at radius 1 is 0.821 bits per heavy atom. The topological polar surface area (TPSA) is 83.1 Å². The average Bonchev–Trinajstić information content (AvgIpc) is 2.66. The highest BCUT2D eigenvalue weighted by Crippen LogP contribution is 2.23. The number of aryl methyl sites for hydroxylation is 2. The number of hydrogen-bond acceptors (Lipinski definition) is 4. The van der Waals surface area contributed by atoms with Gasteiger partial charge >= 0.3 is 0 Å². The van der Waals surface area contributed by atoms with Gasteiger partial charge < -0.3 is 16.0 Å². The fourth-order valence-electron chi connectivity index (χ4n) is 2.79. The lowest BCUT2D eigenvalue weighted by atomic mass is 10.1. The van der Waals surface area contributed by atoms with E-state index in [-0.39, 0.29) is 11.8 Å². The molecule has 6 heteroatoms. The third-order valence-electron chi connectivity index (χ3n) is 4.22. The molecule has 0 unspecified atom stereocenters. The quantitative estimate of drug-likeness (QED) is 0.607. The van der Waals surface area contributed by atoms with Crippen molar-refractivity contribution in [3.63, 3.8) is 0 Å². The maximum absolute atomic E-state index is 12.4. The number of para-hydroxylation sites is 1. The zero-order valence-electron chi connectivity index (χ0n) is 16.0. The maximum Gasteiger partial charge on any atom is 0.257 e. The number of anilines is 4. The van der Waals surface area contributed by atoms with Crippen molar-refractivity contribution in [1.82, 2.24) is 4.98 Å². The van der Waals surface area contributed by atoms with Crippen LogP contribution in [-0.4, -0.2) is 16.8 Å². The largest absolute Gasteiger partial charge is 0.340 e. The van der Waals surface area contributed by atoms with Crippen molar-refractivity contribution >= 4 is 34.7 Å². The number of benzene rings is 2. The molecular formula is C22H22N4O2. The summed E-state index contributed by atoms with van der Waals surface area (Å²) in [6.07, 6.45) is 1.54. The Kier molecular flexibility index (Phi) is 5.69. The van der Waals surface area contributed by atoms with Crippen molar-refractivity contribution in [2.24, 2.45) is 0 Å². The van der Waals surface area contributed by atoms with Gasteiger partial charge in [-0.2, -0.15) is 0 Å². The molecule has 0 aliphatic carbocycles. The van der Waals surface area contributed by atoms with Gasteiger partial charge in [-0.1, -0.05) is 18.2 Å². The summed E-state index contributed by atoms with van der Waals surface area (Å²) in [4.78, 5) is 27.8. The van der Waals surface area contributed by atoms with Gasteiger partial charge in [-0.25, -0.2) is 4.98 Å². The van der Waals surface area contributed by atoms with Crippen LogP contribution < -0.4 is 16.0 Å². The van der Waals surface area contributed by atoms with Crippen LogP contribution in [0.15, 0.2) is 60.8 Å². The molecule has 2 amide bonds. The average molecular weight is 374 g/mol. The predicted molar refractivity (Wildman–Crippen MR) is 112 cm³/mol. The van der Waals surface area contributed by atoms with Crippen molar-refractivity contribution in [2.45, 2.75) is 20.8 Å². The fourth-order valence-corrected chi connectivity index (χ4v) is 2.79. The minimum absolute atomic E-state index is 0.141. The Balaban J connectivity index is 1.66. The molecule has 28 heavy (non-hydrogen) atoms. The molecule has 0 atom stereocenters. The number of pyridine rings is 1. The number of carbonyl (C=O) groups excluding carboxylic acids is 2. The number of rotatable bonds is 5. The monoisotopic (exact) mass is 374 g/mol. The van der Waals surface area contributed by atoms with E-state index in [0.717, 1.165) is 16.8 Å². The molecule has 2 aromatic carbocycles. The van der Waals surface area contributed by atoms with Crippen LogP contribution >= 0.6 is 0 Å². The molecule has 1 aromatic heterocycles. The Labute approximate surface area is 164 Å². The molecule has 3 N–H and O–H groups in total. The summed E-state index contributed by atoms with van der Waals surface area (Å²) in [7, 11) is 0. The standard InChI is InChI=1S/C22H22N4O2/c1-14-5-4-6-15(2)21(14)26-20-12-7-17(13-23-20)22(28)25-19-10-8-18(9-11-19)24-16(3)27/h4-13H,1-3H3,(H,23,26)(H,24,27)(H,25,28). The first kappa shape index (κ1) is 19.1. The number of carbonyl (C=O) groups is 2. The minimum Gasteiger partial charge on any atom is -0.340 e. The highest BCUT2D eigenvalue weighted by atomic mass is 16.2. The van der Waals surface area contributed by atoms with Gasteiger partial charge in [0.1, 0.15) is 5.82 Å². The van der Waals surface area contributed by atoms with Gasteiger partial charge in [0.15, 0.2) is 0 Å². The molecule has 0 bridgehead atoms. The van der Waals surface area contributed by atoms with Crippen LogP contribution in [-0.2, 0) is 4.79 Å². The summed E-state index contributed by atoms with van der Waals surface area (Å²) < 4.78 is 0. The third-order valence-corrected chi connectivity index (χ3v) is 4.22. The Hall–Kier alpha value is -3.67. The number of nitrogens with zero attached hydrogens (tertiary/aromatic N) is 1. The highest BCUT2D eigenvalue weighted by Gasteiger charge is 2.08. The van der Waals surface area contributed by atoms with E-state index in [2.05, 4.69) is 20.9 Å². The van der Waals surface area contributed by atoms with Crippen molar-refractivity contribution in [2.75, 3.05) is 16.0 Å². The molecule has 142 valence electrons. The first-order chi connectivity index (χ1) is 13.4. The molecule has 6 nitrogen and oxygen atoms in total. The second-order valence-corrected chi connectivity index (χ2v) is 6.54. The lowest BCUT2D eigenvalue weighted by Gasteiger charge is -2.12. The lowest BCUT2D eigenvalue weighted by molar-refractivity contribution is -0.114. The number of amides is 2. The predicted octanol–water partition coefficient (Wildman–Crippen LogP) is 4.65. The van der Waals surface area contributed by atoms with Crippen LogP contribution in [0.25, 0.3) is 0 Å². The van der Waals surface area contributed by atoms with E-state index in [4.69, 9.17) is 0 Å². The van der Waals surface area contributed by atoms with Crippen LogP contribution in [0.1, 0.15) is 28.4 Å². The summed E-state index contributed by atoms with van der Waals surface area (Å²) in [6.45, 7) is 5.52. The third kappa shape index (κ3) is 4.73. The second-order valence-electron chi connectivity index (χ2n) is 6.54. The number of aromatic nitrogens is 1. The second kappa shape index (κ2) is 8.35. The highest BCUT2D eigenvalue weighted by molar-refractivity contribution is 6.04. The number of hydrogen-bond donors (Lipinski definition) is 3. The van der Waals surface area contributed by atoms with Gasteiger partial charge in [0.05, 0.1) is 5.56 Å². The van der Waals surface area contributed by atoms with Crippen LogP contribution in [0.4, 0.5) is 22.9 Å². The Bertz CT molecular complexity index is 976. The molecule has 3 aromatic rings. The lowest BCUT2D eigenvalue weighted by Crippen LogP contribution is -2.12. The van der Waals surface area contributed by atoms with Crippen molar-refractivity contribution < 1.29 is 9.59 Å². The molecule has 0 saturated heterocycles. The van der Waals surface area contributed by atoms with Gasteiger partial charge in [-0.15, -0.1) is 0 Å². The molecule has 0 radical (unpaired) electrons. The smallest absolute Gasteiger partial charge is 0.257 e. The first-order valence-corrected chi connectivity index (χ1v) is 8.90. The molecule has 1 heterocycles. The Morgan fingerprint density at radius 3 is 1.96 bits per heavy atom. The summed E-state index contributed by atoms with van der Waals surface area (Å²) >= 11 is 0.